The zero-order valence-electron chi connectivity index (χ0n) is 17.4. The molecular formula is C20H32N6OS. The number of piperidine rings is 1. The largest absolute Gasteiger partial charge is 0.444 e. The van der Waals surface area contributed by atoms with Gasteiger partial charge in [0.05, 0.1) is 22.9 Å². The van der Waals surface area contributed by atoms with Crippen LogP contribution in [0, 0.1) is 19.8 Å². The summed E-state index contributed by atoms with van der Waals surface area (Å²) in [6.07, 6.45) is 3.43. The maximum Gasteiger partial charge on any atom is 0.214 e. The molecular weight excluding hydrogens is 372 g/mol. The predicted octanol–water partition coefficient (Wildman–Crippen LogP) is 2.89. The molecule has 2 N–H and O–H groups in total. The minimum Gasteiger partial charge on any atom is -0.444 e. The molecule has 0 amide bonds. The Morgan fingerprint density at radius 1 is 1.29 bits per heavy atom. The van der Waals surface area contributed by atoms with Crippen LogP contribution in [0.15, 0.2) is 14.8 Å². The van der Waals surface area contributed by atoms with E-state index in [0.29, 0.717) is 18.4 Å². The Labute approximate surface area is 171 Å². The number of aliphatic imine (C=N–C) groups is 1. The number of likely N-dealkylation sites (tertiary alicyclic amines) is 1. The van der Waals surface area contributed by atoms with E-state index in [9.17, 15) is 0 Å². The molecule has 0 saturated carbocycles. The fourth-order valence-corrected chi connectivity index (χ4v) is 4.13. The molecule has 2 aromatic heterocycles. The first-order valence-electron chi connectivity index (χ1n) is 10.1. The van der Waals surface area contributed by atoms with Crippen molar-refractivity contribution in [2.75, 3.05) is 26.7 Å². The summed E-state index contributed by atoms with van der Waals surface area (Å²) in [6.45, 7) is 10.8. The Bertz CT molecular complexity index is 756. The summed E-state index contributed by atoms with van der Waals surface area (Å²) in [5.74, 6) is 3.03. The third-order valence-electron chi connectivity index (χ3n) is 5.26. The van der Waals surface area contributed by atoms with Gasteiger partial charge >= 0.3 is 0 Å². The molecule has 3 rings (SSSR count). The van der Waals surface area contributed by atoms with Gasteiger partial charge in [-0.15, -0.1) is 11.3 Å². The highest BCUT2D eigenvalue weighted by atomic mass is 32.1. The lowest BCUT2D eigenvalue weighted by molar-refractivity contribution is 0.176. The van der Waals surface area contributed by atoms with E-state index in [-0.39, 0.29) is 0 Å². The maximum absolute atomic E-state index is 5.61. The summed E-state index contributed by atoms with van der Waals surface area (Å²) in [5, 5.41) is 10.2. The topological polar surface area (TPSA) is 78.6 Å². The Balaban J connectivity index is 1.36. The molecule has 0 atom stereocenters. The first-order valence-corrected chi connectivity index (χ1v) is 11.0. The quantitative estimate of drug-likeness (QED) is 0.546. The molecule has 8 heteroatoms. The maximum atomic E-state index is 5.61. The van der Waals surface area contributed by atoms with Crippen LogP contribution < -0.4 is 10.6 Å². The number of hydrogen-bond acceptors (Lipinski definition) is 6. The van der Waals surface area contributed by atoms with E-state index in [2.05, 4.69) is 37.8 Å². The van der Waals surface area contributed by atoms with Gasteiger partial charge in [-0.05, 0) is 52.1 Å². The van der Waals surface area contributed by atoms with Crippen molar-refractivity contribution < 1.29 is 4.42 Å². The third-order valence-corrected chi connectivity index (χ3v) is 6.30. The summed E-state index contributed by atoms with van der Waals surface area (Å²) >= 11 is 1.78. The second kappa shape index (κ2) is 10.0. The number of aromatic nitrogens is 2. The normalized spacial score (nSPS) is 16.5. The van der Waals surface area contributed by atoms with Crippen molar-refractivity contribution in [2.24, 2.45) is 10.9 Å². The van der Waals surface area contributed by atoms with Crippen molar-refractivity contribution >= 4 is 17.3 Å². The second-order valence-electron chi connectivity index (χ2n) is 7.36. The number of rotatable bonds is 7. The summed E-state index contributed by atoms with van der Waals surface area (Å²) in [4.78, 5) is 15.9. The van der Waals surface area contributed by atoms with E-state index in [4.69, 9.17) is 9.40 Å². The fraction of sp³-hybridized carbons (Fsp3) is 0.650. The van der Waals surface area contributed by atoms with Gasteiger partial charge in [-0.1, -0.05) is 6.92 Å². The van der Waals surface area contributed by atoms with Crippen LogP contribution in [0.2, 0.25) is 0 Å². The lowest BCUT2D eigenvalue weighted by Crippen LogP contribution is -2.42. The number of nitrogens with zero attached hydrogens (tertiary/aromatic N) is 4. The van der Waals surface area contributed by atoms with E-state index in [1.54, 1.807) is 18.4 Å². The molecule has 0 radical (unpaired) electrons. The van der Waals surface area contributed by atoms with Gasteiger partial charge in [-0.2, -0.15) is 0 Å². The van der Waals surface area contributed by atoms with Gasteiger partial charge in [0.25, 0.3) is 0 Å². The number of aryl methyl sites for hydroxylation is 3. The van der Waals surface area contributed by atoms with Crippen molar-refractivity contribution in [2.45, 2.75) is 53.1 Å². The molecule has 1 saturated heterocycles. The Hall–Kier alpha value is -1.93. The van der Waals surface area contributed by atoms with E-state index in [0.717, 1.165) is 50.0 Å². The molecule has 1 aliphatic rings. The van der Waals surface area contributed by atoms with Crippen molar-refractivity contribution in [3.8, 4) is 0 Å². The van der Waals surface area contributed by atoms with Crippen LogP contribution in [0.5, 0.6) is 0 Å². The number of guanidine groups is 1. The highest BCUT2D eigenvalue weighted by Gasteiger charge is 2.20. The first kappa shape index (κ1) is 20.8. The van der Waals surface area contributed by atoms with Gasteiger partial charge in [0.15, 0.2) is 5.96 Å². The van der Waals surface area contributed by atoms with Crippen molar-refractivity contribution in [3.63, 3.8) is 0 Å². The van der Waals surface area contributed by atoms with Crippen molar-refractivity contribution in [1.29, 1.82) is 0 Å². The van der Waals surface area contributed by atoms with Crippen LogP contribution in [0.1, 0.15) is 47.8 Å². The minimum atomic E-state index is 0.542. The smallest absolute Gasteiger partial charge is 0.214 e. The average Bonchev–Trinajstić information content (AvgIpc) is 3.29. The summed E-state index contributed by atoms with van der Waals surface area (Å²) in [7, 11) is 1.79. The molecule has 1 fully saturated rings. The second-order valence-corrected chi connectivity index (χ2v) is 8.30. The zero-order valence-corrected chi connectivity index (χ0v) is 18.2. The molecule has 0 aliphatic carbocycles. The first-order chi connectivity index (χ1) is 13.6. The molecule has 7 nitrogen and oxygen atoms in total. The highest BCUT2D eigenvalue weighted by Crippen LogP contribution is 2.19. The van der Waals surface area contributed by atoms with Crippen molar-refractivity contribution in [1.82, 2.24) is 25.5 Å². The summed E-state index contributed by atoms with van der Waals surface area (Å²) < 4.78 is 5.61. The van der Waals surface area contributed by atoms with Gasteiger partial charge in [-0.3, -0.25) is 9.89 Å². The van der Waals surface area contributed by atoms with Gasteiger partial charge in [0.2, 0.25) is 5.89 Å². The number of hydrogen-bond donors (Lipinski definition) is 2. The Morgan fingerprint density at radius 3 is 2.68 bits per heavy atom. The predicted molar refractivity (Wildman–Crippen MR) is 114 cm³/mol. The van der Waals surface area contributed by atoms with Gasteiger partial charge in [0.1, 0.15) is 5.76 Å². The molecule has 28 heavy (non-hydrogen) atoms. The minimum absolute atomic E-state index is 0.542. The van der Waals surface area contributed by atoms with Crippen molar-refractivity contribution in [3.05, 3.63) is 33.4 Å². The van der Waals surface area contributed by atoms with Crippen LogP contribution in [0.4, 0.5) is 0 Å². The molecule has 2 aromatic rings. The fourth-order valence-electron chi connectivity index (χ4n) is 3.40. The molecule has 0 aromatic carbocycles. The van der Waals surface area contributed by atoms with Crippen LogP contribution in [-0.2, 0) is 19.5 Å². The van der Waals surface area contributed by atoms with E-state index >= 15 is 0 Å². The molecule has 154 valence electrons. The van der Waals surface area contributed by atoms with Crippen LogP contribution in [0.3, 0.4) is 0 Å². The average molecular weight is 405 g/mol. The Kier molecular flexibility index (Phi) is 7.44. The third kappa shape index (κ3) is 5.78. The van der Waals surface area contributed by atoms with E-state index in [1.807, 2.05) is 13.8 Å². The summed E-state index contributed by atoms with van der Waals surface area (Å²) in [5.41, 5.74) is 2.16. The SMILES string of the molecule is CCc1nc(CN2CCC(CNC(=NC)NCc3nc(C)c(C)o3)CC2)cs1. The Morgan fingerprint density at radius 2 is 2.07 bits per heavy atom. The van der Waals surface area contributed by atoms with Crippen LogP contribution >= 0.6 is 11.3 Å². The van der Waals surface area contributed by atoms with Gasteiger partial charge in [0, 0.05) is 25.5 Å². The molecule has 0 unspecified atom stereocenters. The monoisotopic (exact) mass is 404 g/mol. The standard InChI is InChI=1S/C20H32N6OS/c1-5-19-25-17(13-28-19)12-26-8-6-16(7-9-26)10-22-20(21-4)23-11-18-24-14(2)15(3)27-18/h13,16H,5-12H2,1-4H3,(H2,21,22,23). The number of nitrogens with one attached hydrogen (secondary N) is 2. The van der Waals surface area contributed by atoms with Gasteiger partial charge < -0.3 is 15.1 Å². The van der Waals surface area contributed by atoms with Crippen LogP contribution in [-0.4, -0.2) is 47.5 Å². The number of oxazole rings is 1. The van der Waals surface area contributed by atoms with Gasteiger partial charge in [-0.25, -0.2) is 9.97 Å². The number of thiazole rings is 1. The molecule has 3 heterocycles. The van der Waals surface area contributed by atoms with E-state index in [1.165, 1.54) is 23.5 Å². The lowest BCUT2D eigenvalue weighted by atomic mass is 9.97. The molecule has 0 bridgehead atoms. The van der Waals surface area contributed by atoms with E-state index < -0.39 is 0 Å². The van der Waals surface area contributed by atoms with Crippen LogP contribution in [0.25, 0.3) is 0 Å². The molecule has 0 spiro atoms. The molecule has 1 aliphatic heterocycles. The zero-order chi connectivity index (χ0) is 19.9. The summed E-state index contributed by atoms with van der Waals surface area (Å²) in [6, 6.07) is 0. The lowest BCUT2D eigenvalue weighted by Gasteiger charge is -2.31. The highest BCUT2D eigenvalue weighted by molar-refractivity contribution is 7.09.